The fourth-order valence-corrected chi connectivity index (χ4v) is 2.82. The average molecular weight is 222 g/mol. The first-order valence-corrected chi connectivity index (χ1v) is 6.03. The van der Waals surface area contributed by atoms with Crippen molar-refractivity contribution in [3.05, 3.63) is 0 Å². The van der Waals surface area contributed by atoms with Crippen molar-refractivity contribution in [3.8, 4) is 6.07 Å². The number of carbonyl (C=O) groups is 1. The Morgan fingerprint density at radius 2 is 2.19 bits per heavy atom. The Morgan fingerprint density at radius 3 is 2.69 bits per heavy atom. The monoisotopic (exact) mass is 222 g/mol. The van der Waals surface area contributed by atoms with Gasteiger partial charge in [0.2, 0.25) is 5.91 Å². The molecule has 0 aromatic carbocycles. The summed E-state index contributed by atoms with van der Waals surface area (Å²) in [5, 5.41) is 18.3. The highest BCUT2D eigenvalue weighted by Gasteiger charge is 2.45. The molecule has 1 saturated heterocycles. The van der Waals surface area contributed by atoms with Crippen molar-refractivity contribution < 1.29 is 9.90 Å². The van der Waals surface area contributed by atoms with E-state index in [0.29, 0.717) is 25.9 Å². The number of hydrogen-bond donors (Lipinski definition) is 1. The van der Waals surface area contributed by atoms with Gasteiger partial charge in [0.15, 0.2) is 0 Å². The van der Waals surface area contributed by atoms with Gasteiger partial charge >= 0.3 is 0 Å². The Kier molecular flexibility index (Phi) is 3.15. The number of likely N-dealkylation sites (tertiary alicyclic amines) is 1. The molecule has 88 valence electrons. The third-order valence-electron chi connectivity index (χ3n) is 3.91. The highest BCUT2D eigenvalue weighted by atomic mass is 16.3. The Labute approximate surface area is 95.9 Å². The van der Waals surface area contributed by atoms with Gasteiger partial charge in [0.05, 0.1) is 6.07 Å². The summed E-state index contributed by atoms with van der Waals surface area (Å²) in [6, 6.07) is 2.23. The molecule has 0 aromatic rings. The molecular formula is C12H18N2O2. The van der Waals surface area contributed by atoms with Crippen LogP contribution in [-0.4, -0.2) is 35.6 Å². The second-order valence-electron chi connectivity index (χ2n) is 4.99. The maximum atomic E-state index is 12.3. The number of hydrogen-bond acceptors (Lipinski definition) is 3. The minimum atomic E-state index is -0.746. The summed E-state index contributed by atoms with van der Waals surface area (Å²) in [6.07, 6.45) is 4.25. The van der Waals surface area contributed by atoms with Crippen molar-refractivity contribution >= 4 is 5.91 Å². The van der Waals surface area contributed by atoms with Crippen LogP contribution < -0.4 is 0 Å². The Balaban J connectivity index is 2.05. The molecule has 0 spiro atoms. The lowest BCUT2D eigenvalue weighted by Gasteiger charge is -2.26. The maximum Gasteiger partial charge on any atom is 0.243 e. The smallest absolute Gasteiger partial charge is 0.243 e. The molecule has 0 aromatic heterocycles. The van der Waals surface area contributed by atoms with Crippen LogP contribution in [0.1, 0.15) is 32.1 Å². The number of aliphatic hydroxyl groups excluding tert-OH is 1. The molecule has 1 amide bonds. The minimum absolute atomic E-state index is 0.00319. The Hall–Kier alpha value is -1.08. The fraction of sp³-hybridized carbons (Fsp3) is 0.833. The van der Waals surface area contributed by atoms with Crippen molar-refractivity contribution in [2.75, 3.05) is 19.7 Å². The quantitative estimate of drug-likeness (QED) is 0.755. The molecule has 1 saturated carbocycles. The van der Waals surface area contributed by atoms with E-state index in [9.17, 15) is 10.1 Å². The van der Waals surface area contributed by atoms with Gasteiger partial charge in [-0.15, -0.1) is 0 Å². The van der Waals surface area contributed by atoms with E-state index in [4.69, 9.17) is 5.11 Å². The van der Waals surface area contributed by atoms with Crippen LogP contribution in [0.3, 0.4) is 0 Å². The van der Waals surface area contributed by atoms with Crippen molar-refractivity contribution in [2.45, 2.75) is 32.1 Å². The summed E-state index contributed by atoms with van der Waals surface area (Å²) in [4.78, 5) is 14.1. The topological polar surface area (TPSA) is 64.3 Å². The van der Waals surface area contributed by atoms with Crippen LogP contribution in [0.25, 0.3) is 0 Å². The minimum Gasteiger partial charge on any atom is -0.396 e. The van der Waals surface area contributed by atoms with Gasteiger partial charge in [-0.25, -0.2) is 0 Å². The predicted octanol–water partition coefficient (Wildman–Crippen LogP) is 0.911. The fourth-order valence-electron chi connectivity index (χ4n) is 2.82. The van der Waals surface area contributed by atoms with Gasteiger partial charge in [-0.3, -0.25) is 4.79 Å². The zero-order chi connectivity index (χ0) is 11.6. The highest BCUT2D eigenvalue weighted by molar-refractivity contribution is 5.86. The first-order chi connectivity index (χ1) is 7.72. The van der Waals surface area contributed by atoms with Crippen molar-refractivity contribution in [3.63, 3.8) is 0 Å². The lowest BCUT2D eigenvalue weighted by atomic mass is 9.86. The van der Waals surface area contributed by atoms with Crippen LogP contribution in [-0.2, 0) is 4.79 Å². The summed E-state index contributed by atoms with van der Waals surface area (Å²) in [5.74, 6) is 0.213. The van der Waals surface area contributed by atoms with Crippen molar-refractivity contribution in [1.29, 1.82) is 5.26 Å². The summed E-state index contributed by atoms with van der Waals surface area (Å²) in [6.45, 7) is 1.47. The summed E-state index contributed by atoms with van der Waals surface area (Å²) in [7, 11) is 0. The molecule has 4 heteroatoms. The molecule has 1 aliphatic carbocycles. The summed E-state index contributed by atoms with van der Waals surface area (Å²) < 4.78 is 0. The molecule has 1 aliphatic heterocycles. The molecule has 4 nitrogen and oxygen atoms in total. The normalized spacial score (nSPS) is 28.0. The van der Waals surface area contributed by atoms with E-state index in [1.807, 2.05) is 0 Å². The zero-order valence-corrected chi connectivity index (χ0v) is 9.48. The highest BCUT2D eigenvalue weighted by Crippen LogP contribution is 2.40. The number of rotatable bonds is 2. The average Bonchev–Trinajstić information content (AvgIpc) is 2.98. The van der Waals surface area contributed by atoms with Gasteiger partial charge in [0, 0.05) is 25.6 Å². The molecule has 16 heavy (non-hydrogen) atoms. The predicted molar refractivity (Wildman–Crippen MR) is 58.3 cm³/mol. The molecule has 2 rings (SSSR count). The SMILES string of the molecule is N#CC1(C(=O)N2CCC(CO)C2)CCCC1. The van der Waals surface area contributed by atoms with Gasteiger partial charge in [-0.2, -0.15) is 5.26 Å². The van der Waals surface area contributed by atoms with Gasteiger partial charge in [0.1, 0.15) is 5.41 Å². The van der Waals surface area contributed by atoms with Gasteiger partial charge in [0.25, 0.3) is 0 Å². The summed E-state index contributed by atoms with van der Waals surface area (Å²) in [5.41, 5.74) is -0.746. The molecule has 2 aliphatic rings. The van der Waals surface area contributed by atoms with E-state index in [-0.39, 0.29) is 18.4 Å². The van der Waals surface area contributed by atoms with Gasteiger partial charge in [-0.05, 0) is 19.3 Å². The molecule has 1 atom stereocenters. The van der Waals surface area contributed by atoms with Crippen LogP contribution in [0.15, 0.2) is 0 Å². The lowest BCUT2D eigenvalue weighted by Crippen LogP contribution is -2.40. The Bertz CT molecular complexity index is 315. The Morgan fingerprint density at radius 1 is 1.50 bits per heavy atom. The van der Waals surface area contributed by atoms with E-state index in [1.165, 1.54) is 0 Å². The van der Waals surface area contributed by atoms with Crippen LogP contribution in [0.2, 0.25) is 0 Å². The van der Waals surface area contributed by atoms with Crippen LogP contribution in [0.4, 0.5) is 0 Å². The standard InChI is InChI=1S/C12H18N2O2/c13-9-12(4-1-2-5-12)11(16)14-6-3-10(7-14)8-15/h10,15H,1-8H2. The van der Waals surface area contributed by atoms with E-state index < -0.39 is 5.41 Å². The van der Waals surface area contributed by atoms with Gasteiger partial charge < -0.3 is 10.0 Å². The van der Waals surface area contributed by atoms with Gasteiger partial charge in [-0.1, -0.05) is 12.8 Å². The molecule has 0 radical (unpaired) electrons. The molecule has 1 heterocycles. The lowest BCUT2D eigenvalue weighted by molar-refractivity contribution is -0.137. The third kappa shape index (κ3) is 1.80. The van der Waals surface area contributed by atoms with Crippen LogP contribution in [0.5, 0.6) is 0 Å². The first kappa shape index (κ1) is 11.4. The molecular weight excluding hydrogens is 204 g/mol. The molecule has 1 unspecified atom stereocenters. The number of aliphatic hydroxyl groups is 1. The zero-order valence-electron chi connectivity index (χ0n) is 9.48. The number of nitriles is 1. The van der Waals surface area contributed by atoms with Crippen LogP contribution >= 0.6 is 0 Å². The number of carbonyl (C=O) groups excluding carboxylic acids is 1. The number of nitrogens with zero attached hydrogens (tertiary/aromatic N) is 2. The van der Waals surface area contributed by atoms with Crippen LogP contribution in [0, 0.1) is 22.7 Å². The molecule has 1 N–H and O–H groups in total. The second-order valence-corrected chi connectivity index (χ2v) is 4.99. The first-order valence-electron chi connectivity index (χ1n) is 6.03. The van der Waals surface area contributed by atoms with Crippen molar-refractivity contribution in [1.82, 2.24) is 4.90 Å². The largest absolute Gasteiger partial charge is 0.396 e. The summed E-state index contributed by atoms with van der Waals surface area (Å²) >= 11 is 0. The third-order valence-corrected chi connectivity index (χ3v) is 3.91. The second kappa shape index (κ2) is 4.42. The molecule has 2 fully saturated rings. The van der Waals surface area contributed by atoms with Crippen molar-refractivity contribution in [2.24, 2.45) is 11.3 Å². The molecule has 0 bridgehead atoms. The van der Waals surface area contributed by atoms with E-state index >= 15 is 0 Å². The number of amides is 1. The maximum absolute atomic E-state index is 12.3. The van der Waals surface area contributed by atoms with E-state index in [0.717, 1.165) is 19.3 Å². The van der Waals surface area contributed by atoms with E-state index in [1.54, 1.807) is 4.90 Å². The van der Waals surface area contributed by atoms with E-state index in [2.05, 4.69) is 6.07 Å².